The number of aliphatic carboxylic acids is 1. The highest BCUT2D eigenvalue weighted by molar-refractivity contribution is 5.94. The van der Waals surface area contributed by atoms with Crippen molar-refractivity contribution in [3.63, 3.8) is 0 Å². The number of methoxy groups -OCH3 is 2. The Hall–Kier alpha value is -3.37. The molecule has 3 rings (SSSR count). The van der Waals surface area contributed by atoms with Crippen LogP contribution in [0, 0.1) is 17.8 Å². The highest BCUT2D eigenvalue weighted by Gasteiger charge is 2.62. The Bertz CT molecular complexity index is 885. The molecule has 2 aliphatic carbocycles. The fraction of sp³-hybridized carbons (Fsp3) is 0.571. The maximum Gasteiger partial charge on any atom is 0.332 e. The zero-order chi connectivity index (χ0) is 23.5. The second-order valence-corrected chi connectivity index (χ2v) is 7.73. The van der Waals surface area contributed by atoms with Crippen LogP contribution in [0.3, 0.4) is 0 Å². The predicted octanol–water partition coefficient (Wildman–Crippen LogP) is 0.976. The number of rotatable bonds is 10. The number of hydrogen-bond acceptors (Lipinski definition) is 9. The summed E-state index contributed by atoms with van der Waals surface area (Å²) >= 11 is 0. The Labute approximate surface area is 185 Å². The Kier molecular flexibility index (Phi) is 6.85. The van der Waals surface area contributed by atoms with Crippen LogP contribution in [0.1, 0.15) is 26.2 Å². The van der Waals surface area contributed by atoms with Crippen molar-refractivity contribution in [3.05, 3.63) is 18.7 Å². The number of carbonyl (C=O) groups excluding carboxylic acids is 2. The predicted molar refractivity (Wildman–Crippen MR) is 109 cm³/mol. The van der Waals surface area contributed by atoms with Gasteiger partial charge in [0.05, 0.1) is 38.7 Å². The zero-order valence-electron chi connectivity index (χ0n) is 18.2. The van der Waals surface area contributed by atoms with Crippen molar-refractivity contribution in [2.75, 3.05) is 20.8 Å². The molecule has 2 aliphatic rings. The molecule has 5 atom stereocenters. The van der Waals surface area contributed by atoms with E-state index in [1.54, 1.807) is 13.0 Å². The van der Waals surface area contributed by atoms with Gasteiger partial charge in [-0.1, -0.05) is 6.08 Å². The van der Waals surface area contributed by atoms with Crippen molar-refractivity contribution in [2.24, 2.45) is 17.8 Å². The molecule has 0 radical (unpaired) electrons. The van der Waals surface area contributed by atoms with Crippen molar-refractivity contribution < 1.29 is 38.4 Å². The number of carbonyl (C=O) groups is 3. The van der Waals surface area contributed by atoms with Crippen LogP contribution in [0.2, 0.25) is 0 Å². The van der Waals surface area contributed by atoms with Crippen LogP contribution in [-0.4, -0.2) is 65.4 Å². The smallest absolute Gasteiger partial charge is 0.332 e. The van der Waals surface area contributed by atoms with Gasteiger partial charge in [0, 0.05) is 5.92 Å². The molecule has 0 aromatic carbocycles. The molecule has 1 aromatic heterocycles. The average molecular weight is 449 g/mol. The zero-order valence-corrected chi connectivity index (χ0v) is 18.2. The summed E-state index contributed by atoms with van der Waals surface area (Å²) in [5.41, 5.74) is -1.19. The number of carboxylic acid groups (broad SMARTS) is 1. The molecular formula is C21H27N3O8. The number of hydrogen-bond donors (Lipinski definition) is 2. The normalized spacial score (nSPS) is 28.3. The SMILES string of the molecule is C=C[C@@H]1C[C@]1(NC(=O)[C@@H]1C[C@@H](Oc2cc(OC)nc(OC)n2)C[C@H]1C(=O)O)C(=O)OCC. The number of amides is 1. The monoisotopic (exact) mass is 449 g/mol. The number of aromatic nitrogens is 2. The molecule has 11 heteroatoms. The Morgan fingerprint density at radius 3 is 2.47 bits per heavy atom. The molecule has 11 nitrogen and oxygen atoms in total. The molecule has 1 aromatic rings. The van der Waals surface area contributed by atoms with E-state index < -0.39 is 41.3 Å². The Balaban J connectivity index is 1.74. The largest absolute Gasteiger partial charge is 0.481 e. The molecule has 2 saturated carbocycles. The van der Waals surface area contributed by atoms with Crippen molar-refractivity contribution in [1.82, 2.24) is 15.3 Å². The van der Waals surface area contributed by atoms with E-state index in [-0.39, 0.29) is 43.1 Å². The molecule has 2 N–H and O–H groups in total. The van der Waals surface area contributed by atoms with E-state index in [2.05, 4.69) is 21.9 Å². The maximum atomic E-state index is 13.0. The van der Waals surface area contributed by atoms with Crippen LogP contribution in [0.5, 0.6) is 17.8 Å². The lowest BCUT2D eigenvalue weighted by Gasteiger charge is -2.21. The van der Waals surface area contributed by atoms with Crippen LogP contribution in [0.15, 0.2) is 18.7 Å². The number of ether oxygens (including phenoxy) is 4. The van der Waals surface area contributed by atoms with Crippen molar-refractivity contribution in [1.29, 1.82) is 0 Å². The second kappa shape index (κ2) is 9.41. The number of esters is 1. The van der Waals surface area contributed by atoms with E-state index >= 15 is 0 Å². The van der Waals surface area contributed by atoms with Gasteiger partial charge in [0.2, 0.25) is 17.7 Å². The first kappa shape index (κ1) is 23.3. The molecule has 2 fully saturated rings. The Morgan fingerprint density at radius 1 is 1.22 bits per heavy atom. The third kappa shape index (κ3) is 4.61. The molecule has 32 heavy (non-hydrogen) atoms. The minimum absolute atomic E-state index is 0.0296. The fourth-order valence-electron chi connectivity index (χ4n) is 4.04. The van der Waals surface area contributed by atoms with Crippen LogP contribution >= 0.6 is 0 Å². The summed E-state index contributed by atoms with van der Waals surface area (Å²) < 4.78 is 21.0. The van der Waals surface area contributed by atoms with E-state index in [0.29, 0.717) is 6.42 Å². The van der Waals surface area contributed by atoms with E-state index in [1.165, 1.54) is 20.3 Å². The summed E-state index contributed by atoms with van der Waals surface area (Å²) in [6, 6.07) is 1.47. The summed E-state index contributed by atoms with van der Waals surface area (Å²) in [5.74, 6) is -3.96. The van der Waals surface area contributed by atoms with Crippen LogP contribution in [0.25, 0.3) is 0 Å². The molecule has 0 bridgehead atoms. The number of nitrogens with zero attached hydrogens (tertiary/aromatic N) is 2. The lowest BCUT2D eigenvalue weighted by atomic mass is 9.94. The first-order valence-electron chi connectivity index (χ1n) is 10.3. The van der Waals surface area contributed by atoms with E-state index in [9.17, 15) is 19.5 Å². The summed E-state index contributed by atoms with van der Waals surface area (Å²) in [6.45, 7) is 5.54. The van der Waals surface area contributed by atoms with Crippen molar-refractivity contribution in [2.45, 2.75) is 37.8 Å². The Morgan fingerprint density at radius 2 is 1.91 bits per heavy atom. The van der Waals surface area contributed by atoms with Gasteiger partial charge >= 0.3 is 17.9 Å². The third-order valence-corrected chi connectivity index (χ3v) is 5.80. The highest BCUT2D eigenvalue weighted by atomic mass is 16.5. The summed E-state index contributed by atoms with van der Waals surface area (Å²) in [6.07, 6.45) is 1.59. The molecule has 1 amide bonds. The molecular weight excluding hydrogens is 422 g/mol. The van der Waals surface area contributed by atoms with Gasteiger partial charge < -0.3 is 29.4 Å². The van der Waals surface area contributed by atoms with E-state index in [4.69, 9.17) is 18.9 Å². The third-order valence-electron chi connectivity index (χ3n) is 5.80. The van der Waals surface area contributed by atoms with Gasteiger partial charge in [-0.3, -0.25) is 9.59 Å². The van der Waals surface area contributed by atoms with Gasteiger partial charge in [-0.2, -0.15) is 9.97 Å². The van der Waals surface area contributed by atoms with Gasteiger partial charge in [-0.05, 0) is 26.2 Å². The number of carboxylic acids is 1. The first-order chi connectivity index (χ1) is 15.3. The summed E-state index contributed by atoms with van der Waals surface area (Å²) in [5, 5.41) is 12.4. The molecule has 1 heterocycles. The first-order valence-corrected chi connectivity index (χ1v) is 10.3. The van der Waals surface area contributed by atoms with Gasteiger partial charge in [-0.15, -0.1) is 6.58 Å². The second-order valence-electron chi connectivity index (χ2n) is 7.73. The average Bonchev–Trinajstić information content (AvgIpc) is 3.32. The summed E-state index contributed by atoms with van der Waals surface area (Å²) in [4.78, 5) is 45.4. The van der Waals surface area contributed by atoms with Gasteiger partial charge in [-0.25, -0.2) is 4.79 Å². The fourth-order valence-corrected chi connectivity index (χ4v) is 4.04. The van der Waals surface area contributed by atoms with Gasteiger partial charge in [0.1, 0.15) is 11.6 Å². The minimum Gasteiger partial charge on any atom is -0.481 e. The minimum atomic E-state index is -1.19. The quantitative estimate of drug-likeness (QED) is 0.391. The summed E-state index contributed by atoms with van der Waals surface area (Å²) in [7, 11) is 2.82. The molecule has 0 unspecified atom stereocenters. The molecule has 0 aliphatic heterocycles. The molecule has 0 saturated heterocycles. The lowest BCUT2D eigenvalue weighted by molar-refractivity contribution is -0.150. The van der Waals surface area contributed by atoms with Gasteiger partial charge in [0.15, 0.2) is 0 Å². The van der Waals surface area contributed by atoms with Crippen molar-refractivity contribution in [3.8, 4) is 17.8 Å². The lowest BCUT2D eigenvalue weighted by Crippen LogP contribution is -2.49. The van der Waals surface area contributed by atoms with Crippen LogP contribution in [-0.2, 0) is 19.1 Å². The standard InChI is InChI=1S/C21H27N3O8/c1-5-11-10-21(11,19(28)31-6-2)24-17(25)13-7-12(8-14(13)18(26)27)32-16-9-15(29-3)22-20(23-16)30-4/h5,9,11-14H,1,6-8,10H2,2-4H3,(H,24,25)(H,26,27)/t11-,12-,13-,14-,21-/m1/s1. The topological polar surface area (TPSA) is 146 Å². The van der Waals surface area contributed by atoms with E-state index in [1.807, 2.05) is 0 Å². The maximum absolute atomic E-state index is 13.0. The molecule has 174 valence electrons. The molecule has 0 spiro atoms. The van der Waals surface area contributed by atoms with Crippen molar-refractivity contribution >= 4 is 17.8 Å². The van der Waals surface area contributed by atoms with E-state index in [0.717, 1.165) is 0 Å². The van der Waals surface area contributed by atoms with Crippen LogP contribution < -0.4 is 19.5 Å². The highest BCUT2D eigenvalue weighted by Crippen LogP contribution is 2.46. The van der Waals surface area contributed by atoms with Gasteiger partial charge in [0.25, 0.3) is 0 Å². The number of nitrogens with one attached hydrogen (secondary N) is 1. The van der Waals surface area contributed by atoms with Crippen LogP contribution in [0.4, 0.5) is 0 Å².